The lowest BCUT2D eigenvalue weighted by Gasteiger charge is -2.12. The Labute approximate surface area is 120 Å². The molecule has 4 nitrogen and oxygen atoms in total. The second kappa shape index (κ2) is 4.99. The Kier molecular flexibility index (Phi) is 3.66. The van der Waals surface area contributed by atoms with Crippen LogP contribution in [0.4, 0.5) is 13.2 Å². The first-order valence-corrected chi connectivity index (χ1v) is 5.80. The van der Waals surface area contributed by atoms with Gasteiger partial charge in [0.2, 0.25) is 0 Å². The van der Waals surface area contributed by atoms with Gasteiger partial charge in [0.05, 0.1) is 11.9 Å². The summed E-state index contributed by atoms with van der Waals surface area (Å²) in [6.45, 7) is 0. The normalized spacial score (nSPS) is 11.7. The molecule has 0 aliphatic carbocycles. The maximum Gasteiger partial charge on any atom is 0.434 e. The van der Waals surface area contributed by atoms with Crippen molar-refractivity contribution in [2.45, 2.75) is 6.18 Å². The molecule has 2 rings (SSSR count). The predicted molar refractivity (Wildman–Crippen MR) is 65.5 cm³/mol. The topological polar surface area (TPSA) is 55.1 Å². The molecule has 20 heavy (non-hydrogen) atoms. The quantitative estimate of drug-likeness (QED) is 0.911. The van der Waals surface area contributed by atoms with Crippen LogP contribution in [-0.2, 0) is 6.18 Å². The highest BCUT2D eigenvalue weighted by Crippen LogP contribution is 2.34. The predicted octanol–water partition coefficient (Wildman–Crippen LogP) is 3.90. The van der Waals surface area contributed by atoms with Crippen LogP contribution in [0.15, 0.2) is 24.4 Å². The van der Waals surface area contributed by atoms with Crippen molar-refractivity contribution in [3.05, 3.63) is 45.7 Å². The minimum absolute atomic E-state index is 0.0812. The van der Waals surface area contributed by atoms with E-state index in [0.717, 1.165) is 0 Å². The standard InChI is InChI=1S/C11H5Cl2F3N2O2/c12-5-1-6(13)3-7(2-5)18-9(11(14,15)16)8(4-17-18)10(19)20/h1-4H,(H,19,20). The highest BCUT2D eigenvalue weighted by Gasteiger charge is 2.40. The van der Waals surface area contributed by atoms with Crippen LogP contribution in [0.25, 0.3) is 5.69 Å². The van der Waals surface area contributed by atoms with Crippen LogP contribution < -0.4 is 0 Å². The van der Waals surface area contributed by atoms with E-state index in [1.165, 1.54) is 18.2 Å². The van der Waals surface area contributed by atoms with Crippen molar-refractivity contribution in [1.82, 2.24) is 9.78 Å². The van der Waals surface area contributed by atoms with Crippen molar-refractivity contribution in [2.24, 2.45) is 0 Å². The van der Waals surface area contributed by atoms with Gasteiger partial charge in [0.1, 0.15) is 5.56 Å². The summed E-state index contributed by atoms with van der Waals surface area (Å²) in [6, 6.07) is 3.73. The molecule has 1 heterocycles. The number of carboxylic acids is 1. The van der Waals surface area contributed by atoms with Gasteiger partial charge in [-0.3, -0.25) is 0 Å². The van der Waals surface area contributed by atoms with Gasteiger partial charge in [-0.2, -0.15) is 18.3 Å². The van der Waals surface area contributed by atoms with Gasteiger partial charge >= 0.3 is 12.1 Å². The number of aromatic nitrogens is 2. The van der Waals surface area contributed by atoms with Crippen molar-refractivity contribution >= 4 is 29.2 Å². The molecule has 1 N–H and O–H groups in total. The van der Waals surface area contributed by atoms with Gasteiger partial charge in [0.15, 0.2) is 5.69 Å². The van der Waals surface area contributed by atoms with Crippen LogP contribution in [-0.4, -0.2) is 20.9 Å². The van der Waals surface area contributed by atoms with Crippen LogP contribution in [0.2, 0.25) is 10.0 Å². The monoisotopic (exact) mass is 324 g/mol. The molecule has 0 spiro atoms. The molecule has 0 aliphatic rings. The number of alkyl halides is 3. The molecule has 2 aromatic rings. The van der Waals surface area contributed by atoms with Crippen molar-refractivity contribution in [1.29, 1.82) is 0 Å². The first-order chi connectivity index (χ1) is 9.20. The Hall–Kier alpha value is -1.73. The molecule has 0 atom stereocenters. The minimum Gasteiger partial charge on any atom is -0.478 e. The zero-order valence-electron chi connectivity index (χ0n) is 9.45. The Morgan fingerprint density at radius 3 is 2.20 bits per heavy atom. The molecule has 0 aliphatic heterocycles. The Morgan fingerprint density at radius 2 is 1.75 bits per heavy atom. The molecular weight excluding hydrogens is 320 g/mol. The average molecular weight is 325 g/mol. The average Bonchev–Trinajstić information content (AvgIpc) is 2.71. The molecule has 0 fully saturated rings. The van der Waals surface area contributed by atoms with Gasteiger partial charge in [-0.15, -0.1) is 0 Å². The summed E-state index contributed by atoms with van der Waals surface area (Å²) >= 11 is 11.4. The van der Waals surface area contributed by atoms with Gasteiger partial charge in [-0.05, 0) is 18.2 Å². The van der Waals surface area contributed by atoms with Crippen molar-refractivity contribution in [3.63, 3.8) is 0 Å². The lowest BCUT2D eigenvalue weighted by Crippen LogP contribution is -2.17. The number of nitrogens with zero attached hydrogens (tertiary/aromatic N) is 2. The van der Waals surface area contributed by atoms with Gasteiger partial charge in [-0.1, -0.05) is 23.2 Å². The second-order valence-electron chi connectivity index (χ2n) is 3.75. The van der Waals surface area contributed by atoms with Crippen molar-refractivity contribution in [3.8, 4) is 5.69 Å². The molecule has 0 unspecified atom stereocenters. The number of carbonyl (C=O) groups is 1. The van der Waals surface area contributed by atoms with E-state index >= 15 is 0 Å². The zero-order chi connectivity index (χ0) is 15.1. The van der Waals surface area contributed by atoms with E-state index in [9.17, 15) is 18.0 Å². The Bertz CT molecular complexity index is 663. The number of aromatic carboxylic acids is 1. The van der Waals surface area contributed by atoms with Gasteiger partial charge in [0, 0.05) is 10.0 Å². The summed E-state index contributed by atoms with van der Waals surface area (Å²) in [5, 5.41) is 12.5. The van der Waals surface area contributed by atoms with Crippen LogP contribution in [0.3, 0.4) is 0 Å². The zero-order valence-corrected chi connectivity index (χ0v) is 11.0. The number of halogens is 5. The highest BCUT2D eigenvalue weighted by molar-refractivity contribution is 6.34. The molecule has 0 saturated heterocycles. The molecule has 0 amide bonds. The van der Waals surface area contributed by atoms with E-state index < -0.39 is 23.4 Å². The van der Waals surface area contributed by atoms with E-state index in [1.54, 1.807) is 0 Å². The minimum atomic E-state index is -4.89. The lowest BCUT2D eigenvalue weighted by atomic mass is 10.2. The van der Waals surface area contributed by atoms with E-state index in [-0.39, 0.29) is 15.7 Å². The van der Waals surface area contributed by atoms with Crippen molar-refractivity contribution in [2.75, 3.05) is 0 Å². The SMILES string of the molecule is O=C(O)c1cnn(-c2cc(Cl)cc(Cl)c2)c1C(F)(F)F. The third kappa shape index (κ3) is 2.73. The maximum absolute atomic E-state index is 13.0. The molecule has 0 bridgehead atoms. The van der Waals surface area contributed by atoms with E-state index in [2.05, 4.69) is 5.10 Å². The van der Waals surface area contributed by atoms with Gasteiger partial charge in [-0.25, -0.2) is 9.48 Å². The summed E-state index contributed by atoms with van der Waals surface area (Å²) < 4.78 is 39.4. The van der Waals surface area contributed by atoms with Gasteiger partial charge in [0.25, 0.3) is 0 Å². The molecule has 0 radical (unpaired) electrons. The third-order valence-corrected chi connectivity index (χ3v) is 2.80. The van der Waals surface area contributed by atoms with E-state index in [4.69, 9.17) is 28.3 Å². The number of hydrogen-bond acceptors (Lipinski definition) is 2. The summed E-state index contributed by atoms with van der Waals surface area (Å²) in [6.07, 6.45) is -4.26. The Balaban J connectivity index is 2.72. The number of hydrogen-bond donors (Lipinski definition) is 1. The summed E-state index contributed by atoms with van der Waals surface area (Å²) in [4.78, 5) is 10.8. The fraction of sp³-hybridized carbons (Fsp3) is 0.0909. The smallest absolute Gasteiger partial charge is 0.434 e. The first-order valence-electron chi connectivity index (χ1n) is 5.05. The van der Waals surface area contributed by atoms with E-state index in [0.29, 0.717) is 10.9 Å². The Morgan fingerprint density at radius 1 is 1.20 bits per heavy atom. The van der Waals surface area contributed by atoms with Crippen LogP contribution in [0.1, 0.15) is 16.1 Å². The molecule has 106 valence electrons. The largest absolute Gasteiger partial charge is 0.478 e. The van der Waals surface area contributed by atoms with Crippen LogP contribution in [0, 0.1) is 0 Å². The lowest BCUT2D eigenvalue weighted by molar-refractivity contribution is -0.143. The third-order valence-electron chi connectivity index (χ3n) is 2.36. The highest BCUT2D eigenvalue weighted by atomic mass is 35.5. The second-order valence-corrected chi connectivity index (χ2v) is 4.62. The maximum atomic E-state index is 13.0. The molecule has 1 aromatic carbocycles. The molecule has 1 aromatic heterocycles. The number of carboxylic acid groups (broad SMARTS) is 1. The van der Waals surface area contributed by atoms with Crippen LogP contribution >= 0.6 is 23.2 Å². The van der Waals surface area contributed by atoms with Gasteiger partial charge < -0.3 is 5.11 Å². The summed E-state index contributed by atoms with van der Waals surface area (Å²) in [5.74, 6) is -1.73. The number of rotatable bonds is 2. The molecule has 0 saturated carbocycles. The fourth-order valence-corrected chi connectivity index (χ4v) is 2.15. The summed E-state index contributed by atoms with van der Waals surface area (Å²) in [5.41, 5.74) is -2.43. The molecule has 9 heteroatoms. The van der Waals surface area contributed by atoms with Crippen molar-refractivity contribution < 1.29 is 23.1 Å². The summed E-state index contributed by atoms with van der Waals surface area (Å²) in [7, 11) is 0. The number of benzene rings is 1. The van der Waals surface area contributed by atoms with E-state index in [1.807, 2.05) is 0 Å². The first kappa shape index (κ1) is 14.7. The fourth-order valence-electron chi connectivity index (χ4n) is 1.64. The molecular formula is C11H5Cl2F3N2O2. The van der Waals surface area contributed by atoms with Crippen LogP contribution in [0.5, 0.6) is 0 Å².